The van der Waals surface area contributed by atoms with E-state index in [0.29, 0.717) is 19.4 Å². The zero-order valence-electron chi connectivity index (χ0n) is 45.1. The first kappa shape index (κ1) is 65.3. The summed E-state index contributed by atoms with van der Waals surface area (Å²) in [6, 6.07) is -0.627. The van der Waals surface area contributed by atoms with E-state index in [9.17, 15) is 19.8 Å². The topological polar surface area (TPSA) is 95.9 Å². The molecule has 0 bridgehead atoms. The monoisotopic (exact) mass is 944 g/mol. The fraction of sp³-hybridized carbons (Fsp3) is 0.902. The van der Waals surface area contributed by atoms with E-state index < -0.39 is 12.1 Å². The van der Waals surface area contributed by atoms with Crippen molar-refractivity contribution >= 4 is 11.9 Å². The lowest BCUT2D eigenvalue weighted by Crippen LogP contribution is -2.45. The van der Waals surface area contributed by atoms with Crippen molar-refractivity contribution in [2.45, 2.75) is 341 Å². The lowest BCUT2D eigenvalue weighted by molar-refractivity contribution is -0.143. The van der Waals surface area contributed by atoms with Crippen molar-refractivity contribution in [3.05, 3.63) is 24.3 Å². The maximum absolute atomic E-state index is 12.4. The number of amides is 1. The van der Waals surface area contributed by atoms with Crippen molar-refractivity contribution in [3.63, 3.8) is 0 Å². The number of nitrogens with one attached hydrogen (secondary N) is 1. The molecule has 0 aromatic carbocycles. The van der Waals surface area contributed by atoms with Gasteiger partial charge in [-0.05, 0) is 57.8 Å². The molecule has 2 atom stereocenters. The van der Waals surface area contributed by atoms with E-state index in [1.807, 2.05) is 6.08 Å². The molecular weight excluding hydrogens is 827 g/mol. The van der Waals surface area contributed by atoms with Gasteiger partial charge < -0.3 is 20.3 Å². The number of carbonyl (C=O) groups excluding carboxylic acids is 2. The zero-order chi connectivity index (χ0) is 48.6. The Bertz CT molecular complexity index is 1040. The third-order valence-corrected chi connectivity index (χ3v) is 14.0. The summed E-state index contributed by atoms with van der Waals surface area (Å²) < 4.78 is 5.50. The van der Waals surface area contributed by atoms with Gasteiger partial charge in [0.25, 0.3) is 0 Å². The van der Waals surface area contributed by atoms with Crippen molar-refractivity contribution in [1.82, 2.24) is 5.32 Å². The molecule has 0 fully saturated rings. The van der Waals surface area contributed by atoms with Crippen LogP contribution in [0.3, 0.4) is 0 Å². The third kappa shape index (κ3) is 53.5. The molecule has 0 aliphatic carbocycles. The fourth-order valence-corrected chi connectivity index (χ4v) is 9.34. The summed E-state index contributed by atoms with van der Waals surface area (Å²) in [5.41, 5.74) is 0. The van der Waals surface area contributed by atoms with Crippen LogP contribution in [-0.2, 0) is 14.3 Å². The maximum atomic E-state index is 12.4. The van der Waals surface area contributed by atoms with Gasteiger partial charge in [-0.3, -0.25) is 9.59 Å². The molecule has 0 aliphatic rings. The van der Waals surface area contributed by atoms with Crippen molar-refractivity contribution in [2.24, 2.45) is 0 Å². The molecule has 6 nitrogen and oxygen atoms in total. The van der Waals surface area contributed by atoms with Crippen LogP contribution in [0.5, 0.6) is 0 Å². The minimum atomic E-state index is -0.844. The van der Waals surface area contributed by atoms with Gasteiger partial charge >= 0.3 is 5.97 Å². The standard InChI is InChI=1S/C61H117NO5/c1-3-5-7-9-11-13-15-16-17-18-21-25-28-31-35-39-43-47-51-55-61(66)67-56-52-48-44-40-36-32-29-26-23-20-19-22-24-27-30-34-38-42-46-50-54-60(65)62-58(57-63)59(64)53-49-45-41-37-33-14-12-10-8-6-4-2/h16-17,49,53,58-59,63-64H,3-15,18-48,50-52,54-57H2,1-2H3,(H,62,65)/b17-16-,53-49+. The smallest absolute Gasteiger partial charge is 0.305 e. The second kappa shape index (κ2) is 56.9. The van der Waals surface area contributed by atoms with E-state index in [1.165, 1.54) is 257 Å². The Hall–Kier alpha value is -1.66. The van der Waals surface area contributed by atoms with Crippen LogP contribution in [0.4, 0.5) is 0 Å². The summed E-state index contributed by atoms with van der Waals surface area (Å²) >= 11 is 0. The van der Waals surface area contributed by atoms with Gasteiger partial charge in [-0.1, -0.05) is 282 Å². The number of aliphatic hydroxyl groups excluding tert-OH is 2. The summed E-state index contributed by atoms with van der Waals surface area (Å²) in [5, 5.41) is 23.0. The summed E-state index contributed by atoms with van der Waals surface area (Å²) in [5.74, 6) is -0.0607. The number of ether oxygens (including phenoxy) is 1. The molecule has 0 saturated heterocycles. The molecule has 0 aromatic rings. The van der Waals surface area contributed by atoms with Gasteiger partial charge in [0.2, 0.25) is 5.91 Å². The molecule has 1 amide bonds. The molecule has 2 unspecified atom stereocenters. The fourth-order valence-electron chi connectivity index (χ4n) is 9.34. The molecule has 0 rings (SSSR count). The van der Waals surface area contributed by atoms with Crippen LogP contribution in [0.15, 0.2) is 24.3 Å². The van der Waals surface area contributed by atoms with Gasteiger partial charge in [0.05, 0.1) is 25.4 Å². The molecule has 396 valence electrons. The normalized spacial score (nSPS) is 12.7. The average molecular weight is 945 g/mol. The van der Waals surface area contributed by atoms with E-state index in [2.05, 4.69) is 31.3 Å². The molecular formula is C61H117NO5. The Labute approximate surface area is 418 Å². The Balaban J connectivity index is 3.37. The number of esters is 1. The number of aliphatic hydroxyl groups is 2. The van der Waals surface area contributed by atoms with E-state index >= 15 is 0 Å². The summed E-state index contributed by atoms with van der Waals surface area (Å²) in [7, 11) is 0. The van der Waals surface area contributed by atoms with E-state index in [-0.39, 0.29) is 18.5 Å². The van der Waals surface area contributed by atoms with Crippen LogP contribution in [0.2, 0.25) is 0 Å². The van der Waals surface area contributed by atoms with Gasteiger partial charge in [0, 0.05) is 12.8 Å². The molecule has 3 N–H and O–H groups in total. The predicted molar refractivity (Wildman–Crippen MR) is 292 cm³/mol. The van der Waals surface area contributed by atoms with Crippen molar-refractivity contribution < 1.29 is 24.5 Å². The summed E-state index contributed by atoms with van der Waals surface area (Å²) in [6.45, 7) is 4.90. The molecule has 0 aromatic heterocycles. The molecule has 0 radical (unpaired) electrons. The van der Waals surface area contributed by atoms with Crippen LogP contribution in [-0.4, -0.2) is 47.4 Å². The van der Waals surface area contributed by atoms with Crippen LogP contribution in [0, 0.1) is 0 Å². The molecule has 67 heavy (non-hydrogen) atoms. The maximum Gasteiger partial charge on any atom is 0.305 e. The van der Waals surface area contributed by atoms with Crippen LogP contribution < -0.4 is 5.32 Å². The number of hydrogen-bond acceptors (Lipinski definition) is 5. The first-order valence-corrected chi connectivity index (χ1v) is 30.1. The average Bonchev–Trinajstić information content (AvgIpc) is 3.33. The summed E-state index contributed by atoms with van der Waals surface area (Å²) in [6.07, 6.45) is 69.3. The van der Waals surface area contributed by atoms with E-state index in [1.54, 1.807) is 6.08 Å². The van der Waals surface area contributed by atoms with Crippen LogP contribution >= 0.6 is 0 Å². The van der Waals surface area contributed by atoms with Gasteiger partial charge in [-0.25, -0.2) is 0 Å². The second-order valence-corrected chi connectivity index (χ2v) is 20.7. The number of allylic oxidation sites excluding steroid dienone is 3. The Kier molecular flexibility index (Phi) is 55.5. The highest BCUT2D eigenvalue weighted by molar-refractivity contribution is 5.76. The number of unbranched alkanes of at least 4 members (excludes halogenated alkanes) is 43. The zero-order valence-corrected chi connectivity index (χ0v) is 45.1. The SMILES string of the molecule is CCCCCCCC/C=C\CCCCCCCCCCCC(=O)OCCCCCCCCCCCCCCCCCCCCCCC(=O)NC(CO)C(O)/C=C/CCCCCCCCCCC. The highest BCUT2D eigenvalue weighted by Crippen LogP contribution is 2.17. The van der Waals surface area contributed by atoms with Crippen molar-refractivity contribution in [2.75, 3.05) is 13.2 Å². The quantitative estimate of drug-likeness (QED) is 0.0321. The highest BCUT2D eigenvalue weighted by Gasteiger charge is 2.18. The first-order chi connectivity index (χ1) is 33.0. The van der Waals surface area contributed by atoms with Gasteiger partial charge in [-0.2, -0.15) is 0 Å². The Morgan fingerprint density at radius 2 is 0.701 bits per heavy atom. The molecule has 0 saturated carbocycles. The van der Waals surface area contributed by atoms with Gasteiger partial charge in [0.15, 0.2) is 0 Å². The van der Waals surface area contributed by atoms with Crippen LogP contribution in [0.1, 0.15) is 328 Å². The predicted octanol–water partition coefficient (Wildman–Crippen LogP) is 18.6. The van der Waals surface area contributed by atoms with Gasteiger partial charge in [0.1, 0.15) is 0 Å². The number of hydrogen-bond donors (Lipinski definition) is 3. The van der Waals surface area contributed by atoms with Crippen molar-refractivity contribution in [1.29, 1.82) is 0 Å². The lowest BCUT2D eigenvalue weighted by Gasteiger charge is -2.20. The second-order valence-electron chi connectivity index (χ2n) is 20.7. The molecule has 0 aliphatic heterocycles. The highest BCUT2D eigenvalue weighted by atomic mass is 16.5. The largest absolute Gasteiger partial charge is 0.466 e. The Morgan fingerprint density at radius 3 is 1.06 bits per heavy atom. The van der Waals surface area contributed by atoms with E-state index in [4.69, 9.17) is 4.74 Å². The minimum absolute atomic E-state index is 0.00961. The van der Waals surface area contributed by atoms with E-state index in [0.717, 1.165) is 44.9 Å². The van der Waals surface area contributed by atoms with Gasteiger partial charge in [-0.15, -0.1) is 0 Å². The minimum Gasteiger partial charge on any atom is -0.466 e. The lowest BCUT2D eigenvalue weighted by atomic mass is 10.0. The molecule has 0 spiro atoms. The Morgan fingerprint density at radius 1 is 0.403 bits per heavy atom. The molecule has 6 heteroatoms. The van der Waals surface area contributed by atoms with Crippen LogP contribution in [0.25, 0.3) is 0 Å². The third-order valence-electron chi connectivity index (χ3n) is 14.0. The number of carbonyl (C=O) groups is 2. The first-order valence-electron chi connectivity index (χ1n) is 30.1. The van der Waals surface area contributed by atoms with Crippen molar-refractivity contribution in [3.8, 4) is 0 Å². The summed E-state index contributed by atoms with van der Waals surface area (Å²) in [4.78, 5) is 24.5. The molecule has 0 heterocycles. The number of rotatable bonds is 56.